The molecular weight excluding hydrogens is 287 g/mol. The number of alkyl halides is 3. The fourth-order valence-corrected chi connectivity index (χ4v) is 2.29. The van der Waals surface area contributed by atoms with E-state index in [0.717, 1.165) is 23.1 Å². The maximum absolute atomic E-state index is 12.8. The van der Waals surface area contributed by atoms with Crippen LogP contribution in [-0.4, -0.2) is 28.4 Å². The number of carbonyl (C=O) groups is 2. The van der Waals surface area contributed by atoms with E-state index in [1.165, 1.54) is 13.0 Å². The van der Waals surface area contributed by atoms with Gasteiger partial charge >= 0.3 is 12.1 Å². The van der Waals surface area contributed by atoms with Gasteiger partial charge in [-0.15, -0.1) is 0 Å². The van der Waals surface area contributed by atoms with E-state index in [-0.39, 0.29) is 11.6 Å². The van der Waals surface area contributed by atoms with Crippen molar-refractivity contribution in [1.29, 1.82) is 0 Å². The summed E-state index contributed by atoms with van der Waals surface area (Å²) in [6, 6.07) is 3.86. The Morgan fingerprint density at radius 3 is 2.33 bits per heavy atom. The van der Waals surface area contributed by atoms with Gasteiger partial charge in [0.05, 0.1) is 5.56 Å². The van der Waals surface area contributed by atoms with Gasteiger partial charge in [-0.1, -0.05) is 12.1 Å². The highest BCUT2D eigenvalue weighted by Gasteiger charge is 2.48. The second kappa shape index (κ2) is 5.05. The molecular formula is C14H14F3NO3. The average molecular weight is 301 g/mol. The lowest BCUT2D eigenvalue weighted by Crippen LogP contribution is -2.50. The zero-order valence-electron chi connectivity index (χ0n) is 11.2. The molecule has 1 saturated carbocycles. The highest BCUT2D eigenvalue weighted by molar-refractivity contribution is 5.83. The van der Waals surface area contributed by atoms with E-state index in [2.05, 4.69) is 0 Å². The van der Waals surface area contributed by atoms with Crippen LogP contribution in [0.1, 0.15) is 30.9 Å². The Balaban J connectivity index is 2.52. The van der Waals surface area contributed by atoms with E-state index in [0.29, 0.717) is 19.3 Å². The maximum atomic E-state index is 12.8. The second-order valence-corrected chi connectivity index (χ2v) is 5.20. The van der Waals surface area contributed by atoms with Crippen molar-refractivity contribution in [3.63, 3.8) is 0 Å². The molecule has 1 aromatic rings. The van der Waals surface area contributed by atoms with Crippen molar-refractivity contribution in [2.45, 2.75) is 37.5 Å². The SMILES string of the molecule is CC(C(=O)O)(c1cccc(C(F)(F)F)c1)N(C=O)C1CC1. The molecule has 0 aromatic heterocycles. The molecule has 4 nitrogen and oxygen atoms in total. The van der Waals surface area contributed by atoms with Crippen LogP contribution < -0.4 is 0 Å². The molecule has 0 bridgehead atoms. The van der Waals surface area contributed by atoms with Crippen molar-refractivity contribution in [2.24, 2.45) is 0 Å². The number of hydrogen-bond donors (Lipinski definition) is 1. The van der Waals surface area contributed by atoms with Crippen LogP contribution in [0.4, 0.5) is 13.2 Å². The monoisotopic (exact) mass is 301 g/mol. The van der Waals surface area contributed by atoms with E-state index >= 15 is 0 Å². The number of amides is 1. The van der Waals surface area contributed by atoms with Crippen molar-refractivity contribution >= 4 is 12.4 Å². The van der Waals surface area contributed by atoms with Crippen LogP contribution in [0.15, 0.2) is 24.3 Å². The number of nitrogens with zero attached hydrogens (tertiary/aromatic N) is 1. The lowest BCUT2D eigenvalue weighted by atomic mass is 9.89. The minimum Gasteiger partial charge on any atom is -0.479 e. The maximum Gasteiger partial charge on any atom is 0.416 e. The van der Waals surface area contributed by atoms with Crippen molar-refractivity contribution < 1.29 is 27.9 Å². The normalized spacial score (nSPS) is 17.9. The van der Waals surface area contributed by atoms with Gasteiger partial charge in [-0.05, 0) is 37.5 Å². The van der Waals surface area contributed by atoms with Crippen LogP contribution in [0.5, 0.6) is 0 Å². The highest BCUT2D eigenvalue weighted by atomic mass is 19.4. The van der Waals surface area contributed by atoms with Crippen LogP contribution in [0.25, 0.3) is 0 Å². The van der Waals surface area contributed by atoms with Crippen LogP contribution >= 0.6 is 0 Å². The number of carboxylic acids is 1. The first-order valence-corrected chi connectivity index (χ1v) is 6.36. The molecule has 1 fully saturated rings. The van der Waals surface area contributed by atoms with Crippen molar-refractivity contribution in [1.82, 2.24) is 4.90 Å². The topological polar surface area (TPSA) is 57.6 Å². The smallest absolute Gasteiger partial charge is 0.416 e. The minimum atomic E-state index is -4.57. The zero-order valence-corrected chi connectivity index (χ0v) is 11.2. The first-order chi connectivity index (χ1) is 9.71. The summed E-state index contributed by atoms with van der Waals surface area (Å²) in [5.74, 6) is -1.36. The molecule has 0 radical (unpaired) electrons. The van der Waals surface area contributed by atoms with Crippen molar-refractivity contribution in [3.05, 3.63) is 35.4 Å². The molecule has 1 N–H and O–H groups in total. The van der Waals surface area contributed by atoms with Crippen LogP contribution in [0, 0.1) is 0 Å². The minimum absolute atomic E-state index is 0.0659. The number of hydrogen-bond acceptors (Lipinski definition) is 2. The van der Waals surface area contributed by atoms with E-state index in [9.17, 15) is 27.9 Å². The summed E-state index contributed by atoms with van der Waals surface area (Å²) in [6.45, 7) is 1.25. The van der Waals surface area contributed by atoms with Gasteiger partial charge in [-0.25, -0.2) is 4.79 Å². The number of halogens is 3. The van der Waals surface area contributed by atoms with E-state index in [4.69, 9.17) is 0 Å². The molecule has 0 heterocycles. The van der Waals surface area contributed by atoms with Crippen LogP contribution in [-0.2, 0) is 21.3 Å². The fourth-order valence-electron chi connectivity index (χ4n) is 2.29. The van der Waals surface area contributed by atoms with Gasteiger partial charge in [-0.2, -0.15) is 13.2 Å². The van der Waals surface area contributed by atoms with Gasteiger partial charge in [0.15, 0.2) is 5.54 Å². The molecule has 7 heteroatoms. The van der Waals surface area contributed by atoms with Gasteiger partial charge in [-0.3, -0.25) is 4.79 Å². The van der Waals surface area contributed by atoms with E-state index in [1.54, 1.807) is 0 Å². The van der Waals surface area contributed by atoms with Gasteiger partial charge < -0.3 is 10.0 Å². The van der Waals surface area contributed by atoms with Gasteiger partial charge in [0, 0.05) is 6.04 Å². The Morgan fingerprint density at radius 1 is 1.33 bits per heavy atom. The predicted octanol–water partition coefficient (Wildman–Crippen LogP) is 2.63. The van der Waals surface area contributed by atoms with E-state index in [1.807, 2.05) is 0 Å². The Labute approximate surface area is 119 Å². The first-order valence-electron chi connectivity index (χ1n) is 6.36. The molecule has 1 unspecified atom stereocenters. The molecule has 0 aliphatic heterocycles. The summed E-state index contributed by atoms with van der Waals surface area (Å²) in [4.78, 5) is 24.0. The summed E-state index contributed by atoms with van der Waals surface area (Å²) in [5.41, 5.74) is -2.82. The summed E-state index contributed by atoms with van der Waals surface area (Å²) >= 11 is 0. The van der Waals surface area contributed by atoms with Crippen molar-refractivity contribution in [3.8, 4) is 0 Å². The van der Waals surface area contributed by atoms with Gasteiger partial charge in [0.2, 0.25) is 6.41 Å². The molecule has 1 aliphatic carbocycles. The fraction of sp³-hybridized carbons (Fsp3) is 0.429. The van der Waals surface area contributed by atoms with Crippen LogP contribution in [0.3, 0.4) is 0 Å². The molecule has 1 amide bonds. The molecule has 1 aromatic carbocycles. The third-order valence-electron chi connectivity index (χ3n) is 3.74. The molecule has 1 atom stereocenters. The average Bonchev–Trinajstić information content (AvgIpc) is 3.23. The molecule has 1 aliphatic rings. The summed E-state index contributed by atoms with van der Waals surface area (Å²) in [7, 11) is 0. The molecule has 0 saturated heterocycles. The number of aliphatic carboxylic acids is 1. The highest BCUT2D eigenvalue weighted by Crippen LogP contribution is 2.39. The summed E-state index contributed by atoms with van der Waals surface area (Å²) in [6.07, 6.45) is -2.87. The number of benzene rings is 1. The number of rotatable bonds is 5. The quantitative estimate of drug-likeness (QED) is 0.851. The molecule has 21 heavy (non-hydrogen) atoms. The third kappa shape index (κ3) is 2.72. The summed E-state index contributed by atoms with van der Waals surface area (Å²) < 4.78 is 38.3. The molecule has 2 rings (SSSR count). The Morgan fingerprint density at radius 2 is 1.90 bits per heavy atom. The Bertz CT molecular complexity index is 569. The third-order valence-corrected chi connectivity index (χ3v) is 3.74. The Hall–Kier alpha value is -2.05. The molecule has 0 spiro atoms. The predicted molar refractivity (Wildman–Crippen MR) is 67.4 cm³/mol. The van der Waals surface area contributed by atoms with Crippen LogP contribution in [0.2, 0.25) is 0 Å². The zero-order chi connectivity index (χ0) is 15.8. The Kier molecular flexibility index (Phi) is 3.69. The van der Waals surface area contributed by atoms with Gasteiger partial charge in [0.25, 0.3) is 0 Å². The van der Waals surface area contributed by atoms with Gasteiger partial charge in [0.1, 0.15) is 0 Å². The second-order valence-electron chi connectivity index (χ2n) is 5.20. The van der Waals surface area contributed by atoms with E-state index < -0.39 is 23.2 Å². The van der Waals surface area contributed by atoms with Crippen molar-refractivity contribution in [2.75, 3.05) is 0 Å². The lowest BCUT2D eigenvalue weighted by Gasteiger charge is -2.36. The molecule has 114 valence electrons. The standard InChI is InChI=1S/C14H14F3NO3/c1-13(12(20)21,18(8-19)11-5-6-11)9-3-2-4-10(7-9)14(15,16)17/h2-4,7-8,11H,5-6H2,1H3,(H,20,21). The largest absolute Gasteiger partial charge is 0.479 e. The lowest BCUT2D eigenvalue weighted by molar-refractivity contribution is -0.155. The first kappa shape index (κ1) is 15.3. The number of carbonyl (C=O) groups excluding carboxylic acids is 1. The summed E-state index contributed by atoms with van der Waals surface area (Å²) in [5, 5.41) is 9.48. The number of carboxylic acid groups (broad SMARTS) is 1.